The third-order valence-corrected chi connectivity index (χ3v) is 8.54. The van der Waals surface area contributed by atoms with Gasteiger partial charge in [-0.15, -0.1) is 5.10 Å². The molecule has 9 heteroatoms. The molecule has 0 radical (unpaired) electrons. The van der Waals surface area contributed by atoms with E-state index in [1.165, 1.54) is 11.1 Å². The molecule has 2 aromatic heterocycles. The Morgan fingerprint density at radius 2 is 2.14 bits per heavy atom. The summed E-state index contributed by atoms with van der Waals surface area (Å²) in [6.45, 7) is 7.91. The van der Waals surface area contributed by atoms with Crippen LogP contribution in [0.2, 0.25) is 0 Å². The number of aromatic nitrogens is 4. The third-order valence-electron chi connectivity index (χ3n) is 8.54. The number of aryl methyl sites for hydroxylation is 1. The van der Waals surface area contributed by atoms with E-state index in [2.05, 4.69) is 28.2 Å². The molecular weight excluding hydrogens is 446 g/mol. The summed E-state index contributed by atoms with van der Waals surface area (Å²) < 4.78 is 19.9. The largest absolute Gasteiger partial charge is 0.484 e. The highest BCUT2D eigenvalue weighted by Crippen LogP contribution is 2.58. The number of morpholine rings is 1. The summed E-state index contributed by atoms with van der Waals surface area (Å²) in [4.78, 5) is 7.26. The molecule has 1 aromatic carbocycles. The summed E-state index contributed by atoms with van der Waals surface area (Å²) in [6, 6.07) is 6.14. The lowest BCUT2D eigenvalue weighted by Crippen LogP contribution is -2.60. The van der Waals surface area contributed by atoms with Crippen molar-refractivity contribution >= 4 is 10.9 Å². The van der Waals surface area contributed by atoms with E-state index in [-0.39, 0.29) is 29.9 Å². The van der Waals surface area contributed by atoms with Crippen molar-refractivity contribution in [1.82, 2.24) is 24.9 Å². The van der Waals surface area contributed by atoms with E-state index >= 15 is 0 Å². The van der Waals surface area contributed by atoms with Gasteiger partial charge < -0.3 is 19.3 Å². The molecule has 9 nitrogen and oxygen atoms in total. The van der Waals surface area contributed by atoms with E-state index in [0.717, 1.165) is 67.0 Å². The quantitative estimate of drug-likeness (QED) is 0.598. The lowest BCUT2D eigenvalue weighted by atomic mass is 9.67. The van der Waals surface area contributed by atoms with E-state index in [1.54, 1.807) is 0 Å². The molecule has 2 atom stereocenters. The van der Waals surface area contributed by atoms with Gasteiger partial charge in [-0.1, -0.05) is 5.21 Å². The molecule has 2 unspecified atom stereocenters. The molecule has 1 spiro atoms. The third kappa shape index (κ3) is 3.25. The van der Waals surface area contributed by atoms with E-state index in [0.29, 0.717) is 13.2 Å². The second-order valence-electron chi connectivity index (χ2n) is 10.8. The molecule has 35 heavy (non-hydrogen) atoms. The fraction of sp³-hybridized carbons (Fsp3) is 0.577. The smallest absolute Gasteiger partial charge is 0.141 e. The van der Waals surface area contributed by atoms with Gasteiger partial charge in [0.15, 0.2) is 0 Å². The lowest BCUT2D eigenvalue weighted by Gasteiger charge is -2.50. The van der Waals surface area contributed by atoms with Crippen LogP contribution >= 0.6 is 0 Å². The molecule has 5 aliphatic rings. The van der Waals surface area contributed by atoms with Crippen LogP contribution in [-0.4, -0.2) is 74.5 Å². The number of benzene rings is 1. The van der Waals surface area contributed by atoms with Crippen molar-refractivity contribution in [3.63, 3.8) is 0 Å². The van der Waals surface area contributed by atoms with Crippen LogP contribution in [0, 0.1) is 6.92 Å². The molecule has 3 aromatic rings. The van der Waals surface area contributed by atoms with Gasteiger partial charge in [-0.05, 0) is 56.9 Å². The Labute approximate surface area is 204 Å². The lowest BCUT2D eigenvalue weighted by molar-refractivity contribution is -0.123. The zero-order valence-electron chi connectivity index (χ0n) is 20.2. The van der Waals surface area contributed by atoms with Crippen LogP contribution in [-0.2, 0) is 28.0 Å². The molecule has 184 valence electrons. The van der Waals surface area contributed by atoms with Crippen LogP contribution < -0.4 is 4.74 Å². The Kier molecular flexibility index (Phi) is 4.77. The maximum Gasteiger partial charge on any atom is 0.141 e. The minimum Gasteiger partial charge on any atom is -0.484 e. The van der Waals surface area contributed by atoms with Crippen LogP contribution in [0.1, 0.15) is 48.4 Å². The van der Waals surface area contributed by atoms with Crippen molar-refractivity contribution in [3.05, 3.63) is 46.9 Å². The Hall–Kier alpha value is -2.59. The van der Waals surface area contributed by atoms with Crippen molar-refractivity contribution in [2.24, 2.45) is 0 Å². The van der Waals surface area contributed by atoms with E-state index in [9.17, 15) is 5.11 Å². The van der Waals surface area contributed by atoms with Gasteiger partial charge in [0.2, 0.25) is 0 Å². The highest BCUT2D eigenvalue weighted by atomic mass is 16.5. The normalized spacial score (nSPS) is 30.5. The second kappa shape index (κ2) is 7.70. The first-order valence-electron chi connectivity index (χ1n) is 12.6. The van der Waals surface area contributed by atoms with Crippen molar-refractivity contribution < 1.29 is 19.3 Å². The fourth-order valence-electron chi connectivity index (χ4n) is 6.74. The topological polar surface area (TPSA) is 94.8 Å². The van der Waals surface area contributed by atoms with E-state index < -0.39 is 0 Å². The molecule has 8 rings (SSSR count). The number of nitrogens with zero attached hydrogens (tertiary/aromatic N) is 5. The van der Waals surface area contributed by atoms with Gasteiger partial charge in [-0.2, -0.15) is 0 Å². The average Bonchev–Trinajstić information content (AvgIpc) is 3.55. The minimum atomic E-state index is -0.227. The number of ether oxygens (including phenoxy) is 3. The zero-order chi connectivity index (χ0) is 23.8. The van der Waals surface area contributed by atoms with Crippen LogP contribution in [0.25, 0.3) is 10.9 Å². The number of rotatable bonds is 5. The molecule has 1 saturated carbocycles. The van der Waals surface area contributed by atoms with Crippen LogP contribution in [0.5, 0.6) is 5.75 Å². The zero-order valence-corrected chi connectivity index (χ0v) is 20.2. The van der Waals surface area contributed by atoms with Gasteiger partial charge in [0.05, 0.1) is 49.8 Å². The number of fused-ring (bicyclic) bond motifs is 3. The van der Waals surface area contributed by atoms with Crippen LogP contribution in [0.15, 0.2) is 24.4 Å². The Balaban J connectivity index is 1.10. The molecular formula is C26H31N5O4. The number of aliphatic hydroxyl groups excluding tert-OH is 1. The average molecular weight is 478 g/mol. The van der Waals surface area contributed by atoms with Crippen molar-refractivity contribution in [2.45, 2.75) is 63.0 Å². The molecule has 1 aliphatic carbocycles. The van der Waals surface area contributed by atoms with Crippen molar-refractivity contribution in [1.29, 1.82) is 0 Å². The second-order valence-corrected chi connectivity index (χ2v) is 10.8. The minimum absolute atomic E-state index is 0.0354. The maximum absolute atomic E-state index is 9.50. The first-order chi connectivity index (χ1) is 17.0. The summed E-state index contributed by atoms with van der Waals surface area (Å²) >= 11 is 0. The highest BCUT2D eigenvalue weighted by molar-refractivity contribution is 5.85. The van der Waals surface area contributed by atoms with Gasteiger partial charge in [0, 0.05) is 35.3 Å². The predicted octanol–water partition coefficient (Wildman–Crippen LogP) is 2.28. The summed E-state index contributed by atoms with van der Waals surface area (Å²) in [7, 11) is 0. The van der Waals surface area contributed by atoms with E-state index in [1.807, 2.05) is 29.9 Å². The van der Waals surface area contributed by atoms with Gasteiger partial charge in [-0.3, -0.25) is 9.88 Å². The maximum atomic E-state index is 9.50. The molecule has 4 fully saturated rings. The Morgan fingerprint density at radius 1 is 1.26 bits per heavy atom. The summed E-state index contributed by atoms with van der Waals surface area (Å²) in [5.74, 6) is 0.810. The number of pyridine rings is 1. The summed E-state index contributed by atoms with van der Waals surface area (Å²) in [6.07, 6.45) is 4.66. The van der Waals surface area contributed by atoms with Gasteiger partial charge in [-0.25, -0.2) is 4.68 Å². The first kappa shape index (κ1) is 21.7. The highest BCUT2D eigenvalue weighted by Gasteiger charge is 2.68. The number of aliphatic hydroxyl groups is 1. The van der Waals surface area contributed by atoms with Crippen LogP contribution in [0.3, 0.4) is 0 Å². The van der Waals surface area contributed by atoms with Crippen LogP contribution in [0.4, 0.5) is 0 Å². The SMILES string of the molecule is Cc1nc2ccc(OC(C)c3cn(C45CN6CC(CO)OCC6(C4)C5)nn3)cc2c2c1COCC2. The summed E-state index contributed by atoms with van der Waals surface area (Å²) in [5, 5.41) is 19.7. The van der Waals surface area contributed by atoms with Crippen molar-refractivity contribution in [2.75, 3.05) is 32.9 Å². The molecule has 1 N–H and O–H groups in total. The van der Waals surface area contributed by atoms with Crippen molar-refractivity contribution in [3.8, 4) is 5.75 Å². The Bertz CT molecular complexity index is 1300. The Morgan fingerprint density at radius 3 is 3.00 bits per heavy atom. The monoisotopic (exact) mass is 477 g/mol. The molecule has 4 aliphatic heterocycles. The fourth-order valence-corrected chi connectivity index (χ4v) is 6.74. The van der Waals surface area contributed by atoms with Gasteiger partial charge in [0.1, 0.15) is 17.5 Å². The molecule has 2 bridgehead atoms. The van der Waals surface area contributed by atoms with Gasteiger partial charge in [0.25, 0.3) is 0 Å². The predicted molar refractivity (Wildman–Crippen MR) is 127 cm³/mol. The first-order valence-corrected chi connectivity index (χ1v) is 12.6. The van der Waals surface area contributed by atoms with E-state index in [4.69, 9.17) is 19.2 Å². The van der Waals surface area contributed by atoms with Gasteiger partial charge >= 0.3 is 0 Å². The standard InChI is InChI=1S/C26H31N5O4/c1-16-22-11-33-6-5-20(22)21-7-18(3-4-23(21)27-16)35-17(2)24-9-31(29-28-24)25-12-26(13-25)15-34-19(10-32)8-30(26)14-25/h3-4,7,9,17,19,32H,5-6,8,10-15H2,1-2H3. The molecule has 0 amide bonds. The molecule has 6 heterocycles. The molecule has 3 saturated heterocycles. The number of hydrogen-bond donors (Lipinski definition) is 1. The number of hydrogen-bond acceptors (Lipinski definition) is 8. The summed E-state index contributed by atoms with van der Waals surface area (Å²) in [5.41, 5.74) is 5.46.